The van der Waals surface area contributed by atoms with E-state index in [1.54, 1.807) is 12.1 Å². The smallest absolute Gasteiger partial charge is 0.288 e. The minimum Gasteiger partial charge on any atom is -0.334 e. The van der Waals surface area contributed by atoms with Crippen molar-refractivity contribution >= 4 is 17.3 Å². The highest BCUT2D eigenvalue weighted by Crippen LogP contribution is 2.30. The molecule has 3 aromatic rings. The second-order valence-corrected chi connectivity index (χ2v) is 4.73. The number of nitrogens with zero attached hydrogens (tertiary/aromatic N) is 3. The third-order valence-electron chi connectivity index (χ3n) is 2.93. The van der Waals surface area contributed by atoms with E-state index >= 15 is 0 Å². The lowest BCUT2D eigenvalue weighted by molar-refractivity contribution is -0.384. The van der Waals surface area contributed by atoms with Gasteiger partial charge in [0.2, 0.25) is 5.82 Å². The third kappa shape index (κ3) is 2.53. The molecule has 1 aromatic heterocycles. The van der Waals surface area contributed by atoms with Crippen LogP contribution < -0.4 is 0 Å². The minimum atomic E-state index is -0.611. The third-order valence-corrected chi connectivity index (χ3v) is 3.25. The zero-order valence-electron chi connectivity index (χ0n) is 10.9. The van der Waals surface area contributed by atoms with Crippen LogP contribution >= 0.6 is 11.6 Å². The van der Waals surface area contributed by atoms with Gasteiger partial charge in [-0.3, -0.25) is 10.1 Å². The number of hydrogen-bond acceptors (Lipinski definition) is 5. The molecule has 6 nitrogen and oxygen atoms in total. The molecule has 0 aliphatic heterocycles. The number of rotatable bonds is 3. The Balaban J connectivity index is 2.03. The van der Waals surface area contributed by atoms with Gasteiger partial charge in [-0.05, 0) is 24.3 Å². The lowest BCUT2D eigenvalue weighted by Gasteiger charge is -1.97. The van der Waals surface area contributed by atoms with E-state index < -0.39 is 10.7 Å². The highest BCUT2D eigenvalue weighted by atomic mass is 35.5. The van der Waals surface area contributed by atoms with Crippen LogP contribution in [-0.4, -0.2) is 15.1 Å². The summed E-state index contributed by atoms with van der Waals surface area (Å²) in [4.78, 5) is 14.3. The van der Waals surface area contributed by atoms with Crippen LogP contribution in [0.15, 0.2) is 47.0 Å². The van der Waals surface area contributed by atoms with E-state index in [0.717, 1.165) is 0 Å². The Kier molecular flexibility index (Phi) is 3.56. The first-order valence-electron chi connectivity index (χ1n) is 6.09. The second-order valence-electron chi connectivity index (χ2n) is 4.33. The van der Waals surface area contributed by atoms with Crippen molar-refractivity contribution in [1.29, 1.82) is 0 Å². The van der Waals surface area contributed by atoms with Crippen LogP contribution in [0.4, 0.5) is 10.1 Å². The summed E-state index contributed by atoms with van der Waals surface area (Å²) in [7, 11) is 0. The number of aromatic nitrogens is 2. The molecular weight excluding hydrogens is 313 g/mol. The molecule has 0 fully saturated rings. The van der Waals surface area contributed by atoms with Gasteiger partial charge >= 0.3 is 0 Å². The van der Waals surface area contributed by atoms with Crippen LogP contribution in [0.2, 0.25) is 5.02 Å². The lowest BCUT2D eigenvalue weighted by atomic mass is 10.2. The van der Waals surface area contributed by atoms with Gasteiger partial charge in [-0.15, -0.1) is 0 Å². The van der Waals surface area contributed by atoms with Crippen molar-refractivity contribution in [2.45, 2.75) is 0 Å². The van der Waals surface area contributed by atoms with E-state index in [-0.39, 0.29) is 28.0 Å². The molecule has 8 heteroatoms. The number of benzene rings is 2. The molecule has 0 spiro atoms. The second kappa shape index (κ2) is 5.53. The molecule has 0 aliphatic carbocycles. The average molecular weight is 320 g/mol. The summed E-state index contributed by atoms with van der Waals surface area (Å²) in [6.07, 6.45) is 0. The minimum absolute atomic E-state index is 0.00240. The molecule has 1 heterocycles. The predicted octanol–water partition coefficient (Wildman–Crippen LogP) is 4.10. The van der Waals surface area contributed by atoms with Crippen molar-refractivity contribution in [2.75, 3.05) is 0 Å². The van der Waals surface area contributed by atoms with Gasteiger partial charge in [0.1, 0.15) is 10.8 Å². The highest BCUT2D eigenvalue weighted by molar-refractivity contribution is 6.32. The van der Waals surface area contributed by atoms with Crippen molar-refractivity contribution < 1.29 is 13.8 Å². The van der Waals surface area contributed by atoms with Crippen molar-refractivity contribution in [3.63, 3.8) is 0 Å². The van der Waals surface area contributed by atoms with Gasteiger partial charge in [-0.2, -0.15) is 4.98 Å². The van der Waals surface area contributed by atoms with Gasteiger partial charge in [-0.25, -0.2) is 4.39 Å². The van der Waals surface area contributed by atoms with E-state index in [1.165, 1.54) is 30.3 Å². The molecule has 0 unspecified atom stereocenters. The van der Waals surface area contributed by atoms with Crippen LogP contribution in [0.3, 0.4) is 0 Å². The summed E-state index contributed by atoms with van der Waals surface area (Å²) < 4.78 is 18.7. The number of nitro groups is 1. The molecule has 0 saturated carbocycles. The largest absolute Gasteiger partial charge is 0.334 e. The Bertz CT molecular complexity index is 866. The molecule has 0 saturated heterocycles. The number of nitro benzene ring substituents is 1. The fourth-order valence-electron chi connectivity index (χ4n) is 1.88. The normalized spacial score (nSPS) is 10.6. The molecule has 22 heavy (non-hydrogen) atoms. The van der Waals surface area contributed by atoms with Gasteiger partial charge in [0, 0.05) is 11.6 Å². The molecule has 0 amide bonds. The van der Waals surface area contributed by atoms with E-state index in [4.69, 9.17) is 16.1 Å². The Hall–Kier alpha value is -2.80. The first kappa shape index (κ1) is 14.2. The van der Waals surface area contributed by atoms with Crippen LogP contribution in [0.5, 0.6) is 0 Å². The zero-order valence-corrected chi connectivity index (χ0v) is 11.6. The van der Waals surface area contributed by atoms with Crippen molar-refractivity contribution in [2.24, 2.45) is 0 Å². The van der Waals surface area contributed by atoms with Crippen LogP contribution in [0, 0.1) is 15.9 Å². The Labute approximate surface area is 128 Å². The van der Waals surface area contributed by atoms with E-state index in [9.17, 15) is 14.5 Å². The summed E-state index contributed by atoms with van der Waals surface area (Å²) in [5.41, 5.74) is 0.233. The summed E-state index contributed by atoms with van der Waals surface area (Å²) in [6.45, 7) is 0. The molecule has 0 aliphatic rings. The van der Waals surface area contributed by atoms with Crippen LogP contribution in [0.25, 0.3) is 22.8 Å². The van der Waals surface area contributed by atoms with E-state index in [1.807, 2.05) is 0 Å². The monoisotopic (exact) mass is 319 g/mol. The fourth-order valence-corrected chi connectivity index (χ4v) is 2.06. The van der Waals surface area contributed by atoms with E-state index in [0.29, 0.717) is 5.56 Å². The lowest BCUT2D eigenvalue weighted by Crippen LogP contribution is -1.90. The van der Waals surface area contributed by atoms with Crippen molar-refractivity contribution in [1.82, 2.24) is 10.1 Å². The maximum Gasteiger partial charge on any atom is 0.288 e. The molecular formula is C14H7ClFN3O3. The Morgan fingerprint density at radius 3 is 2.73 bits per heavy atom. The molecule has 3 rings (SSSR count). The van der Waals surface area contributed by atoms with Gasteiger partial charge in [0.15, 0.2) is 0 Å². The molecule has 110 valence electrons. The molecule has 0 atom stereocenters. The zero-order chi connectivity index (χ0) is 15.7. The van der Waals surface area contributed by atoms with Gasteiger partial charge < -0.3 is 4.52 Å². The first-order chi connectivity index (χ1) is 10.6. The van der Waals surface area contributed by atoms with E-state index in [2.05, 4.69) is 10.1 Å². The number of hydrogen-bond donors (Lipinski definition) is 0. The quantitative estimate of drug-likeness (QED) is 0.536. The topological polar surface area (TPSA) is 82.1 Å². The Morgan fingerprint density at radius 1 is 1.23 bits per heavy atom. The molecule has 2 aromatic carbocycles. The van der Waals surface area contributed by atoms with Gasteiger partial charge in [0.05, 0.1) is 10.5 Å². The highest BCUT2D eigenvalue weighted by Gasteiger charge is 2.18. The average Bonchev–Trinajstić information content (AvgIpc) is 2.97. The summed E-state index contributed by atoms with van der Waals surface area (Å²) in [5.74, 6) is -0.388. The molecule has 0 radical (unpaired) electrons. The molecule has 0 bridgehead atoms. The predicted molar refractivity (Wildman–Crippen MR) is 76.8 cm³/mol. The van der Waals surface area contributed by atoms with Crippen molar-refractivity contribution in [3.05, 3.63) is 63.4 Å². The van der Waals surface area contributed by atoms with Crippen LogP contribution in [-0.2, 0) is 0 Å². The van der Waals surface area contributed by atoms with Gasteiger partial charge in [0.25, 0.3) is 11.6 Å². The van der Waals surface area contributed by atoms with Crippen molar-refractivity contribution in [3.8, 4) is 22.8 Å². The summed E-state index contributed by atoms with van der Waals surface area (Å²) in [6, 6.07) is 10.1. The summed E-state index contributed by atoms with van der Waals surface area (Å²) >= 11 is 5.74. The SMILES string of the molecule is O=[N+]([O-])c1cc(-c2nc(-c3ccccc3F)no2)ccc1Cl. The van der Waals surface area contributed by atoms with Crippen LogP contribution in [0.1, 0.15) is 0 Å². The standard InChI is InChI=1S/C14H7ClFN3O3/c15-10-6-5-8(7-12(10)19(20)21)14-17-13(18-22-14)9-3-1-2-4-11(9)16/h1-7H. The number of halogens is 2. The van der Waals surface area contributed by atoms with Gasteiger partial charge in [-0.1, -0.05) is 28.9 Å². The maximum atomic E-state index is 13.7. The molecule has 0 N–H and O–H groups in total. The Morgan fingerprint density at radius 2 is 2.00 bits per heavy atom. The fraction of sp³-hybridized carbons (Fsp3) is 0. The first-order valence-corrected chi connectivity index (χ1v) is 6.47. The maximum absolute atomic E-state index is 13.7. The summed E-state index contributed by atoms with van der Waals surface area (Å²) in [5, 5.41) is 14.6.